The van der Waals surface area contributed by atoms with Crippen LogP contribution in [0.3, 0.4) is 0 Å². The molecule has 2 aromatic heterocycles. The number of amides is 1. The van der Waals surface area contributed by atoms with Gasteiger partial charge in [0.05, 0.1) is 16.4 Å². The minimum Gasteiger partial charge on any atom is -0.337 e. The van der Waals surface area contributed by atoms with Crippen LogP contribution in [0.5, 0.6) is 0 Å². The second-order valence-corrected chi connectivity index (χ2v) is 9.35. The summed E-state index contributed by atoms with van der Waals surface area (Å²) in [6, 6.07) is 0.293. The van der Waals surface area contributed by atoms with E-state index in [9.17, 15) is 9.59 Å². The molecule has 6 nitrogen and oxygen atoms in total. The van der Waals surface area contributed by atoms with Gasteiger partial charge in [-0.05, 0) is 46.2 Å². The quantitative estimate of drug-likeness (QED) is 0.736. The zero-order chi connectivity index (χ0) is 18.8. The number of rotatable bonds is 6. The van der Waals surface area contributed by atoms with E-state index in [0.717, 1.165) is 41.2 Å². The molecular weight excluding hydrogens is 404 g/mol. The molecule has 9 heteroatoms. The van der Waals surface area contributed by atoms with E-state index in [1.165, 1.54) is 11.8 Å². The van der Waals surface area contributed by atoms with E-state index in [1.54, 1.807) is 11.3 Å². The predicted molar refractivity (Wildman–Crippen MR) is 116 cm³/mol. The average molecular weight is 431 g/mol. The number of halogens is 1. The molecule has 0 spiro atoms. The number of aryl methyl sites for hydroxylation is 2. The number of thioether (sulfide) groups is 1. The van der Waals surface area contributed by atoms with Gasteiger partial charge in [-0.15, -0.1) is 35.5 Å². The van der Waals surface area contributed by atoms with Gasteiger partial charge in [0.25, 0.3) is 5.56 Å². The van der Waals surface area contributed by atoms with Crippen molar-refractivity contribution in [3.8, 4) is 0 Å². The van der Waals surface area contributed by atoms with Crippen LogP contribution in [0.4, 0.5) is 0 Å². The summed E-state index contributed by atoms with van der Waals surface area (Å²) < 4.78 is 0. The Morgan fingerprint density at radius 3 is 2.93 bits per heavy atom. The van der Waals surface area contributed by atoms with E-state index in [-0.39, 0.29) is 29.1 Å². The van der Waals surface area contributed by atoms with Gasteiger partial charge in [-0.2, -0.15) is 0 Å². The van der Waals surface area contributed by atoms with E-state index in [1.807, 2.05) is 32.7 Å². The highest BCUT2D eigenvalue weighted by Crippen LogP contribution is 2.27. The van der Waals surface area contributed by atoms with Crippen LogP contribution in [0.2, 0.25) is 0 Å². The minimum atomic E-state index is -0.153. The van der Waals surface area contributed by atoms with Gasteiger partial charge in [0.2, 0.25) is 5.91 Å². The number of fused-ring (bicyclic) bond motifs is 1. The number of likely N-dealkylation sites (tertiary alicyclic amines) is 1. The number of likely N-dealkylation sites (N-methyl/N-ethyl adjacent to an activating group) is 1. The van der Waals surface area contributed by atoms with Gasteiger partial charge in [0.15, 0.2) is 0 Å². The van der Waals surface area contributed by atoms with Crippen LogP contribution in [0.25, 0.3) is 10.2 Å². The Labute approximate surface area is 173 Å². The lowest BCUT2D eigenvalue weighted by Gasteiger charge is -2.27. The molecule has 0 saturated carbocycles. The lowest BCUT2D eigenvalue weighted by atomic mass is 10.2. The summed E-state index contributed by atoms with van der Waals surface area (Å²) in [5.74, 6) is 1.35. The van der Waals surface area contributed by atoms with Crippen molar-refractivity contribution in [3.63, 3.8) is 0 Å². The van der Waals surface area contributed by atoms with Crippen LogP contribution < -0.4 is 10.9 Å². The third-order valence-corrected chi connectivity index (χ3v) is 7.25. The molecule has 1 aliphatic rings. The third-order valence-electron chi connectivity index (χ3n) is 5.01. The van der Waals surface area contributed by atoms with Gasteiger partial charge in [0.1, 0.15) is 10.7 Å². The molecule has 3 rings (SSSR count). The van der Waals surface area contributed by atoms with Gasteiger partial charge >= 0.3 is 0 Å². The first-order valence-electron chi connectivity index (χ1n) is 8.98. The Kier molecular flexibility index (Phi) is 7.73. The highest BCUT2D eigenvalue weighted by atomic mass is 35.5. The summed E-state index contributed by atoms with van der Waals surface area (Å²) >= 11 is 3.08. The molecule has 0 aliphatic carbocycles. The van der Waals surface area contributed by atoms with Crippen LogP contribution in [0.1, 0.15) is 36.0 Å². The molecular formula is C18H27ClN4O2S2. The van der Waals surface area contributed by atoms with Crippen molar-refractivity contribution in [2.24, 2.45) is 0 Å². The Hall–Kier alpha value is -1.09. The zero-order valence-electron chi connectivity index (χ0n) is 16.1. The van der Waals surface area contributed by atoms with Crippen LogP contribution in [-0.2, 0) is 10.5 Å². The van der Waals surface area contributed by atoms with E-state index in [0.29, 0.717) is 23.0 Å². The summed E-state index contributed by atoms with van der Waals surface area (Å²) in [7, 11) is 1.92. The number of hydrogen-bond acceptors (Lipinski definition) is 6. The average Bonchev–Trinajstić information content (AvgIpc) is 3.17. The number of carbonyl (C=O) groups is 1. The SMILES string of the molecule is CNCC1CCCN1C(=O)C(C)SCc1nc2sc(C)c(C)c2c(=O)[nH]1.Cl. The number of thiophene rings is 1. The molecule has 0 bridgehead atoms. The minimum absolute atomic E-state index is 0. The lowest BCUT2D eigenvalue weighted by molar-refractivity contribution is -0.131. The smallest absolute Gasteiger partial charge is 0.259 e. The molecule has 0 radical (unpaired) electrons. The largest absolute Gasteiger partial charge is 0.337 e. The highest BCUT2D eigenvalue weighted by Gasteiger charge is 2.31. The van der Waals surface area contributed by atoms with Crippen LogP contribution in [-0.4, -0.2) is 52.2 Å². The molecule has 0 aromatic carbocycles. The maximum atomic E-state index is 12.8. The lowest BCUT2D eigenvalue weighted by Crippen LogP contribution is -2.44. The fourth-order valence-corrected chi connectivity index (χ4v) is 5.32. The Bertz CT molecular complexity index is 867. The fourth-order valence-electron chi connectivity index (χ4n) is 3.45. The molecule has 1 amide bonds. The Morgan fingerprint density at radius 2 is 2.22 bits per heavy atom. The van der Waals surface area contributed by atoms with Crippen molar-refractivity contribution >= 4 is 51.6 Å². The first-order valence-corrected chi connectivity index (χ1v) is 10.8. The summed E-state index contributed by atoms with van der Waals surface area (Å²) in [6.07, 6.45) is 2.13. The number of nitrogens with zero attached hydrogens (tertiary/aromatic N) is 2. The van der Waals surface area contributed by atoms with Crippen molar-refractivity contribution in [3.05, 3.63) is 26.6 Å². The van der Waals surface area contributed by atoms with Crippen molar-refractivity contribution in [2.75, 3.05) is 20.1 Å². The van der Waals surface area contributed by atoms with Crippen LogP contribution >= 0.6 is 35.5 Å². The number of nitrogens with one attached hydrogen (secondary N) is 2. The van der Waals surface area contributed by atoms with E-state index >= 15 is 0 Å². The molecule has 2 atom stereocenters. The maximum absolute atomic E-state index is 12.8. The van der Waals surface area contributed by atoms with Gasteiger partial charge in [-0.1, -0.05) is 0 Å². The van der Waals surface area contributed by atoms with Gasteiger partial charge in [-0.3, -0.25) is 9.59 Å². The van der Waals surface area contributed by atoms with Crippen molar-refractivity contribution in [1.82, 2.24) is 20.2 Å². The summed E-state index contributed by atoms with van der Waals surface area (Å²) in [4.78, 5) is 36.5. The summed E-state index contributed by atoms with van der Waals surface area (Å²) in [5.41, 5.74) is 0.922. The van der Waals surface area contributed by atoms with E-state index in [2.05, 4.69) is 15.3 Å². The topological polar surface area (TPSA) is 78.1 Å². The van der Waals surface area contributed by atoms with Crippen molar-refractivity contribution in [1.29, 1.82) is 0 Å². The number of carbonyl (C=O) groups excluding carboxylic acids is 1. The normalized spacial score (nSPS) is 17.9. The summed E-state index contributed by atoms with van der Waals surface area (Å²) in [5, 5.41) is 3.71. The molecule has 27 heavy (non-hydrogen) atoms. The van der Waals surface area contributed by atoms with Crippen molar-refractivity contribution < 1.29 is 4.79 Å². The first kappa shape index (κ1) is 22.2. The van der Waals surface area contributed by atoms with Crippen molar-refractivity contribution in [2.45, 2.75) is 50.7 Å². The highest BCUT2D eigenvalue weighted by molar-refractivity contribution is 7.99. The standard InChI is InChI=1S/C18H26N4O2S2.ClH/c1-10-11(2)26-17-15(10)16(23)20-14(21-17)9-25-12(3)18(24)22-7-5-6-13(22)8-19-4;/h12-13,19H,5-9H2,1-4H3,(H,20,21,23);1H. The molecule has 1 aliphatic heterocycles. The van der Waals surface area contributed by atoms with Gasteiger partial charge < -0.3 is 15.2 Å². The van der Waals surface area contributed by atoms with Gasteiger partial charge in [-0.25, -0.2) is 4.98 Å². The van der Waals surface area contributed by atoms with Crippen LogP contribution in [0, 0.1) is 13.8 Å². The second-order valence-electron chi connectivity index (χ2n) is 6.81. The zero-order valence-corrected chi connectivity index (χ0v) is 18.6. The first-order chi connectivity index (χ1) is 12.4. The number of hydrogen-bond donors (Lipinski definition) is 2. The predicted octanol–water partition coefficient (Wildman–Crippen LogP) is 2.86. The maximum Gasteiger partial charge on any atom is 0.259 e. The molecule has 150 valence electrons. The van der Waals surface area contributed by atoms with Crippen LogP contribution in [0.15, 0.2) is 4.79 Å². The second kappa shape index (κ2) is 9.41. The molecule has 1 saturated heterocycles. The number of aromatic nitrogens is 2. The molecule has 2 unspecified atom stereocenters. The molecule has 1 fully saturated rings. The third kappa shape index (κ3) is 4.67. The fraction of sp³-hybridized carbons (Fsp3) is 0.611. The number of H-pyrrole nitrogens is 1. The molecule has 2 N–H and O–H groups in total. The summed E-state index contributed by atoms with van der Waals surface area (Å²) in [6.45, 7) is 7.58. The number of aromatic amines is 1. The van der Waals surface area contributed by atoms with Gasteiger partial charge in [0, 0.05) is 24.0 Å². The molecule has 3 heterocycles. The van der Waals surface area contributed by atoms with E-state index < -0.39 is 0 Å². The Balaban J connectivity index is 0.00000261. The molecule has 2 aromatic rings. The van der Waals surface area contributed by atoms with E-state index in [4.69, 9.17) is 0 Å². The monoisotopic (exact) mass is 430 g/mol. The Morgan fingerprint density at radius 1 is 1.48 bits per heavy atom.